The Labute approximate surface area is 133 Å². The predicted octanol–water partition coefficient (Wildman–Crippen LogP) is 0.954. The molecule has 2 aromatic rings. The van der Waals surface area contributed by atoms with Crippen molar-refractivity contribution in [1.82, 2.24) is 15.3 Å². The van der Waals surface area contributed by atoms with Crippen LogP contribution in [0.25, 0.3) is 0 Å². The predicted molar refractivity (Wildman–Crippen MR) is 84.7 cm³/mol. The minimum absolute atomic E-state index is 0.170. The molecule has 122 valence electrons. The van der Waals surface area contributed by atoms with Crippen LogP contribution in [-0.4, -0.2) is 30.1 Å². The number of nitrogens with zero attached hydrogens (tertiary/aromatic N) is 1. The van der Waals surface area contributed by atoms with E-state index in [1.54, 1.807) is 39.3 Å². The third-order valence-electron chi connectivity index (χ3n) is 3.18. The van der Waals surface area contributed by atoms with Crippen LogP contribution in [-0.2, 0) is 17.8 Å². The molecule has 0 atom stereocenters. The van der Waals surface area contributed by atoms with Crippen molar-refractivity contribution in [3.8, 4) is 11.5 Å². The molecule has 0 unspecified atom stereocenters. The van der Waals surface area contributed by atoms with Gasteiger partial charge in [-0.2, -0.15) is 0 Å². The maximum Gasteiger partial charge on any atom is 0.251 e. The number of ether oxygens (including phenoxy) is 2. The Morgan fingerprint density at radius 3 is 2.61 bits per heavy atom. The third kappa shape index (κ3) is 4.57. The lowest BCUT2D eigenvalue weighted by atomic mass is 10.1. The van der Waals surface area contributed by atoms with Crippen LogP contribution in [0.3, 0.4) is 0 Å². The fraction of sp³-hybridized carbons (Fsp3) is 0.312. The van der Waals surface area contributed by atoms with Gasteiger partial charge >= 0.3 is 0 Å². The van der Waals surface area contributed by atoms with E-state index in [9.17, 15) is 9.59 Å². The molecule has 0 saturated heterocycles. The lowest BCUT2D eigenvalue weighted by Crippen LogP contribution is -2.27. The number of rotatable bonds is 6. The van der Waals surface area contributed by atoms with Crippen molar-refractivity contribution in [2.75, 3.05) is 14.2 Å². The monoisotopic (exact) mass is 317 g/mol. The van der Waals surface area contributed by atoms with Crippen molar-refractivity contribution in [1.29, 1.82) is 0 Å². The van der Waals surface area contributed by atoms with E-state index < -0.39 is 0 Å². The lowest BCUT2D eigenvalue weighted by molar-refractivity contribution is -0.120. The van der Waals surface area contributed by atoms with Crippen molar-refractivity contribution in [3.63, 3.8) is 0 Å². The summed E-state index contributed by atoms with van der Waals surface area (Å²) in [4.78, 5) is 30.1. The van der Waals surface area contributed by atoms with Gasteiger partial charge in [0, 0.05) is 11.8 Å². The van der Waals surface area contributed by atoms with Crippen molar-refractivity contribution >= 4 is 5.91 Å². The van der Waals surface area contributed by atoms with E-state index in [4.69, 9.17) is 9.47 Å². The Morgan fingerprint density at radius 2 is 1.96 bits per heavy atom. The molecule has 23 heavy (non-hydrogen) atoms. The standard InChI is InChI=1S/C16H19N3O4/c1-10-6-16(21)19-14(18-10)9-17-15(20)8-11-4-5-12(22-2)13(7-11)23-3/h4-7H,8-9H2,1-3H3,(H,17,20)(H,18,19,21). The number of amides is 1. The quantitative estimate of drug-likeness (QED) is 0.827. The largest absolute Gasteiger partial charge is 0.493 e. The smallest absolute Gasteiger partial charge is 0.251 e. The van der Waals surface area contributed by atoms with E-state index in [-0.39, 0.29) is 24.4 Å². The number of H-pyrrole nitrogens is 1. The molecular formula is C16H19N3O4. The second-order valence-corrected chi connectivity index (χ2v) is 4.98. The summed E-state index contributed by atoms with van der Waals surface area (Å²) in [5.74, 6) is 1.43. The second kappa shape index (κ2) is 7.44. The number of aromatic amines is 1. The van der Waals surface area contributed by atoms with Crippen LogP contribution in [0.5, 0.6) is 11.5 Å². The van der Waals surface area contributed by atoms with Crippen molar-refractivity contribution in [2.45, 2.75) is 19.9 Å². The lowest BCUT2D eigenvalue weighted by Gasteiger charge is -2.10. The topological polar surface area (TPSA) is 93.3 Å². The SMILES string of the molecule is COc1ccc(CC(=O)NCc2nc(C)cc(=O)[nH]2)cc1OC. The number of benzene rings is 1. The summed E-state index contributed by atoms with van der Waals surface area (Å²) in [5.41, 5.74) is 1.17. The molecule has 0 bridgehead atoms. The second-order valence-electron chi connectivity index (χ2n) is 4.98. The number of carbonyl (C=O) groups is 1. The fourth-order valence-corrected chi connectivity index (χ4v) is 2.15. The number of nitrogens with one attached hydrogen (secondary N) is 2. The van der Waals surface area contributed by atoms with Gasteiger partial charge in [-0.15, -0.1) is 0 Å². The number of hydrogen-bond acceptors (Lipinski definition) is 5. The Bertz CT molecular complexity index is 755. The molecule has 0 aliphatic heterocycles. The molecule has 0 radical (unpaired) electrons. The van der Waals surface area contributed by atoms with E-state index in [1.165, 1.54) is 6.07 Å². The van der Waals surface area contributed by atoms with Crippen LogP contribution < -0.4 is 20.3 Å². The minimum Gasteiger partial charge on any atom is -0.493 e. The van der Waals surface area contributed by atoms with Gasteiger partial charge in [0.1, 0.15) is 5.82 Å². The highest BCUT2D eigenvalue weighted by atomic mass is 16.5. The highest BCUT2D eigenvalue weighted by molar-refractivity contribution is 5.78. The zero-order valence-electron chi connectivity index (χ0n) is 13.3. The van der Waals surface area contributed by atoms with Crippen LogP contribution in [0.2, 0.25) is 0 Å². The van der Waals surface area contributed by atoms with E-state index in [1.807, 2.05) is 0 Å². The maximum atomic E-state index is 12.0. The number of methoxy groups -OCH3 is 2. The highest BCUT2D eigenvalue weighted by Crippen LogP contribution is 2.27. The van der Waals surface area contributed by atoms with Crippen molar-refractivity contribution < 1.29 is 14.3 Å². The van der Waals surface area contributed by atoms with Gasteiger partial charge in [-0.25, -0.2) is 4.98 Å². The van der Waals surface area contributed by atoms with Crippen molar-refractivity contribution in [3.05, 3.63) is 51.7 Å². The Balaban J connectivity index is 1.98. The van der Waals surface area contributed by atoms with Crippen LogP contribution in [0.4, 0.5) is 0 Å². The molecule has 2 N–H and O–H groups in total. The summed E-state index contributed by atoms with van der Waals surface area (Å²) >= 11 is 0. The molecule has 1 heterocycles. The average molecular weight is 317 g/mol. The van der Waals surface area contributed by atoms with E-state index >= 15 is 0 Å². The number of aryl methyl sites for hydroxylation is 1. The molecule has 7 heteroatoms. The van der Waals surface area contributed by atoms with Crippen LogP contribution >= 0.6 is 0 Å². The number of aromatic nitrogens is 2. The van der Waals surface area contributed by atoms with Crippen molar-refractivity contribution in [2.24, 2.45) is 0 Å². The van der Waals surface area contributed by atoms with Crippen LogP contribution in [0.15, 0.2) is 29.1 Å². The van der Waals surface area contributed by atoms with Gasteiger partial charge in [-0.3, -0.25) is 9.59 Å². The minimum atomic E-state index is -0.235. The zero-order valence-corrected chi connectivity index (χ0v) is 13.3. The third-order valence-corrected chi connectivity index (χ3v) is 3.18. The molecular weight excluding hydrogens is 298 g/mol. The first kappa shape index (κ1) is 16.5. The van der Waals surface area contributed by atoms with Crippen LogP contribution in [0.1, 0.15) is 17.1 Å². The van der Waals surface area contributed by atoms with Crippen LogP contribution in [0, 0.1) is 6.92 Å². The molecule has 1 amide bonds. The summed E-state index contributed by atoms with van der Waals surface area (Å²) in [7, 11) is 3.10. The van der Waals surface area contributed by atoms with Gasteiger partial charge in [-0.05, 0) is 24.6 Å². The first-order valence-electron chi connectivity index (χ1n) is 7.06. The first-order valence-corrected chi connectivity index (χ1v) is 7.06. The van der Waals surface area contributed by atoms with E-state index in [2.05, 4.69) is 15.3 Å². The highest BCUT2D eigenvalue weighted by Gasteiger charge is 2.09. The molecule has 0 aliphatic carbocycles. The Morgan fingerprint density at radius 1 is 1.22 bits per heavy atom. The van der Waals surface area contributed by atoms with Gasteiger partial charge in [0.25, 0.3) is 5.56 Å². The Kier molecular flexibility index (Phi) is 5.35. The summed E-state index contributed by atoms with van der Waals surface area (Å²) in [6, 6.07) is 6.70. The molecule has 7 nitrogen and oxygen atoms in total. The molecule has 0 fully saturated rings. The normalized spacial score (nSPS) is 10.2. The molecule has 1 aromatic carbocycles. The fourth-order valence-electron chi connectivity index (χ4n) is 2.15. The van der Waals surface area contributed by atoms with Gasteiger partial charge in [0.15, 0.2) is 11.5 Å². The molecule has 0 spiro atoms. The summed E-state index contributed by atoms with van der Waals surface area (Å²) < 4.78 is 10.4. The van der Waals surface area contributed by atoms with Gasteiger partial charge in [0.2, 0.25) is 5.91 Å². The number of hydrogen-bond donors (Lipinski definition) is 2. The Hall–Kier alpha value is -2.83. The van der Waals surface area contributed by atoms with Gasteiger partial charge in [0.05, 0.1) is 27.2 Å². The molecule has 2 rings (SSSR count). The summed E-state index contributed by atoms with van der Waals surface area (Å²) in [5, 5.41) is 2.72. The summed E-state index contributed by atoms with van der Waals surface area (Å²) in [6.07, 6.45) is 0.191. The first-order chi connectivity index (χ1) is 11.0. The van der Waals surface area contributed by atoms with Gasteiger partial charge < -0.3 is 19.8 Å². The average Bonchev–Trinajstić information content (AvgIpc) is 2.52. The van der Waals surface area contributed by atoms with Gasteiger partial charge in [-0.1, -0.05) is 6.07 Å². The van der Waals surface area contributed by atoms with E-state index in [0.29, 0.717) is 23.0 Å². The number of carbonyl (C=O) groups excluding carboxylic acids is 1. The van der Waals surface area contributed by atoms with E-state index in [0.717, 1.165) is 5.56 Å². The summed E-state index contributed by atoms with van der Waals surface area (Å²) in [6.45, 7) is 1.90. The molecule has 0 aliphatic rings. The molecule has 1 aromatic heterocycles. The molecule has 0 saturated carbocycles. The zero-order chi connectivity index (χ0) is 16.8. The maximum absolute atomic E-state index is 12.0.